The number of amidine groups is 2. The summed E-state index contributed by atoms with van der Waals surface area (Å²) in [4.78, 5) is 12.8. The molecule has 4 heterocycles. The van der Waals surface area contributed by atoms with Crippen LogP contribution in [-0.4, -0.2) is 52.7 Å². The number of hydrogen-bond acceptors (Lipinski definition) is 7. The summed E-state index contributed by atoms with van der Waals surface area (Å²) >= 11 is 1.76. The molecule has 0 radical (unpaired) electrons. The Morgan fingerprint density at radius 3 is 3.12 bits per heavy atom. The highest BCUT2D eigenvalue weighted by Crippen LogP contribution is 2.28. The Bertz CT molecular complexity index is 774. The lowest BCUT2D eigenvalue weighted by molar-refractivity contribution is 0.191. The van der Waals surface area contributed by atoms with Crippen molar-refractivity contribution in [2.24, 2.45) is 16.0 Å². The van der Waals surface area contributed by atoms with Crippen molar-refractivity contribution in [3.63, 3.8) is 0 Å². The van der Waals surface area contributed by atoms with Crippen LogP contribution in [0.4, 0.5) is 0 Å². The van der Waals surface area contributed by atoms with Crippen molar-refractivity contribution in [2.45, 2.75) is 33.2 Å². The van der Waals surface area contributed by atoms with Gasteiger partial charge in [0.15, 0.2) is 5.84 Å². The van der Waals surface area contributed by atoms with Gasteiger partial charge in [0.2, 0.25) is 0 Å². The molecule has 3 aliphatic rings. The van der Waals surface area contributed by atoms with Gasteiger partial charge in [0.25, 0.3) is 0 Å². The zero-order chi connectivity index (χ0) is 17.4. The van der Waals surface area contributed by atoms with Gasteiger partial charge in [0.1, 0.15) is 17.9 Å². The van der Waals surface area contributed by atoms with Gasteiger partial charge in [-0.1, -0.05) is 0 Å². The number of nitrogens with zero attached hydrogens (tertiary/aromatic N) is 5. The summed E-state index contributed by atoms with van der Waals surface area (Å²) in [6.07, 6.45) is 5.65. The Hall–Kier alpha value is -2.06. The number of thiazole rings is 1. The quantitative estimate of drug-likeness (QED) is 0.618. The molecule has 0 aliphatic carbocycles. The molecule has 7 nitrogen and oxygen atoms in total. The van der Waals surface area contributed by atoms with Crippen LogP contribution in [0, 0.1) is 18.3 Å². The maximum Gasteiger partial charge on any atom is 0.156 e. The fourth-order valence-corrected chi connectivity index (χ4v) is 4.42. The first-order valence-electron chi connectivity index (χ1n) is 8.57. The molecule has 3 aliphatic heterocycles. The number of hydrazone groups is 1. The second-order valence-electron chi connectivity index (χ2n) is 6.53. The molecule has 0 aromatic carbocycles. The molecule has 132 valence electrons. The van der Waals surface area contributed by atoms with Gasteiger partial charge in [-0.2, -0.15) is 5.10 Å². The van der Waals surface area contributed by atoms with Gasteiger partial charge in [0, 0.05) is 30.4 Å². The summed E-state index contributed by atoms with van der Waals surface area (Å²) in [5.41, 5.74) is 2.12. The highest BCUT2D eigenvalue weighted by atomic mass is 32.1. The second-order valence-corrected chi connectivity index (χ2v) is 7.82. The molecule has 0 saturated carbocycles. The fraction of sp³-hybridized carbons (Fsp3) is 0.529. The van der Waals surface area contributed by atoms with Gasteiger partial charge in [-0.3, -0.25) is 5.41 Å². The number of hydrogen-bond donors (Lipinski definition) is 1. The molecule has 8 heteroatoms. The number of aliphatic imine (C=N–C) groups is 1. The summed E-state index contributed by atoms with van der Waals surface area (Å²) < 4.78 is 5.51. The lowest BCUT2D eigenvalue weighted by Crippen LogP contribution is -2.42. The minimum atomic E-state index is 0.348. The van der Waals surface area contributed by atoms with Gasteiger partial charge in [-0.05, 0) is 26.3 Å². The third-order valence-corrected chi connectivity index (χ3v) is 5.62. The van der Waals surface area contributed by atoms with Crippen LogP contribution in [0.15, 0.2) is 21.9 Å². The van der Waals surface area contributed by atoms with Crippen LogP contribution in [0.25, 0.3) is 0 Å². The van der Waals surface area contributed by atoms with E-state index in [2.05, 4.69) is 33.0 Å². The fourth-order valence-electron chi connectivity index (χ4n) is 3.42. The molecule has 1 unspecified atom stereocenters. The lowest BCUT2D eigenvalue weighted by atomic mass is 10.1. The molecule has 1 fully saturated rings. The van der Waals surface area contributed by atoms with Gasteiger partial charge in [-0.15, -0.1) is 11.3 Å². The Morgan fingerprint density at radius 2 is 2.36 bits per heavy atom. The smallest absolute Gasteiger partial charge is 0.156 e. The summed E-state index contributed by atoms with van der Waals surface area (Å²) in [5.74, 6) is 1.63. The second kappa shape index (κ2) is 6.68. The predicted octanol–water partition coefficient (Wildman–Crippen LogP) is 2.38. The van der Waals surface area contributed by atoms with Crippen molar-refractivity contribution >= 4 is 29.3 Å². The molecule has 25 heavy (non-hydrogen) atoms. The van der Waals surface area contributed by atoms with Gasteiger partial charge >= 0.3 is 0 Å². The van der Waals surface area contributed by atoms with Crippen molar-refractivity contribution in [2.75, 3.05) is 19.8 Å². The van der Waals surface area contributed by atoms with Gasteiger partial charge in [0.05, 0.1) is 23.9 Å². The van der Waals surface area contributed by atoms with E-state index in [0.717, 1.165) is 55.7 Å². The van der Waals surface area contributed by atoms with Crippen molar-refractivity contribution in [3.05, 3.63) is 27.4 Å². The van der Waals surface area contributed by atoms with E-state index in [9.17, 15) is 0 Å². The van der Waals surface area contributed by atoms with E-state index in [4.69, 9.17) is 10.1 Å². The van der Waals surface area contributed by atoms with E-state index in [1.54, 1.807) is 29.6 Å². The highest BCUT2D eigenvalue weighted by Gasteiger charge is 2.30. The van der Waals surface area contributed by atoms with Crippen molar-refractivity contribution in [1.82, 2.24) is 14.9 Å². The molecule has 0 amide bonds. The minimum absolute atomic E-state index is 0.348. The number of fused-ring (bicyclic) bond motifs is 1. The summed E-state index contributed by atoms with van der Waals surface area (Å²) in [5, 5.41) is 15.2. The summed E-state index contributed by atoms with van der Waals surface area (Å²) in [6.45, 7) is 7.03. The predicted molar refractivity (Wildman–Crippen MR) is 99.1 cm³/mol. The van der Waals surface area contributed by atoms with E-state index in [0.29, 0.717) is 11.8 Å². The first-order valence-corrected chi connectivity index (χ1v) is 9.39. The van der Waals surface area contributed by atoms with Crippen molar-refractivity contribution in [1.29, 1.82) is 5.41 Å². The number of aromatic nitrogens is 1. The Balaban J connectivity index is 1.65. The topological polar surface area (TPSA) is 77.2 Å². The summed E-state index contributed by atoms with van der Waals surface area (Å²) in [6, 6.07) is 0. The monoisotopic (exact) mass is 358 g/mol. The van der Waals surface area contributed by atoms with Crippen LogP contribution in [0.5, 0.6) is 0 Å². The zero-order valence-corrected chi connectivity index (χ0v) is 15.3. The largest absolute Gasteiger partial charge is 0.381 e. The molecule has 1 aromatic heterocycles. The van der Waals surface area contributed by atoms with Crippen LogP contribution < -0.4 is 0 Å². The molecular weight excluding hydrogens is 336 g/mol. The van der Waals surface area contributed by atoms with E-state index in [1.807, 2.05) is 0 Å². The SMILES string of the molecule is CC(=N)N1N=CN=C(N2CCc3nc(C)sc3C2)C1=CC1CCOC1. The minimum Gasteiger partial charge on any atom is -0.381 e. The first kappa shape index (κ1) is 16.4. The normalized spacial score (nSPS) is 24.6. The Morgan fingerprint density at radius 1 is 1.48 bits per heavy atom. The number of aryl methyl sites for hydroxylation is 1. The molecule has 1 saturated heterocycles. The third kappa shape index (κ3) is 3.23. The highest BCUT2D eigenvalue weighted by molar-refractivity contribution is 7.11. The lowest BCUT2D eigenvalue weighted by Gasteiger charge is -2.34. The van der Waals surface area contributed by atoms with Crippen LogP contribution in [0.1, 0.15) is 28.9 Å². The van der Waals surface area contributed by atoms with Crippen LogP contribution in [-0.2, 0) is 17.7 Å². The average molecular weight is 358 g/mol. The molecule has 1 aromatic rings. The van der Waals surface area contributed by atoms with Crippen molar-refractivity contribution in [3.8, 4) is 0 Å². The standard InChI is InChI=1S/C17H22N6OS/c1-11(18)23-15(7-13-4-6-24-9-13)17(19-10-20-23)22-5-3-14-16(8-22)25-12(2)21-14/h7,10,13,18H,3-6,8-9H2,1-2H3. The molecule has 1 atom stereocenters. The average Bonchev–Trinajstić information content (AvgIpc) is 3.22. The van der Waals surface area contributed by atoms with Gasteiger partial charge < -0.3 is 9.64 Å². The number of rotatable bonds is 1. The molecule has 0 spiro atoms. The summed E-state index contributed by atoms with van der Waals surface area (Å²) in [7, 11) is 0. The maximum absolute atomic E-state index is 8.08. The van der Waals surface area contributed by atoms with Crippen LogP contribution >= 0.6 is 11.3 Å². The Kier molecular flexibility index (Phi) is 4.39. The molecule has 4 rings (SSSR count). The number of ether oxygens (including phenoxy) is 1. The third-order valence-electron chi connectivity index (χ3n) is 4.62. The molecule has 1 N–H and O–H groups in total. The molecule has 0 bridgehead atoms. The van der Waals surface area contributed by atoms with E-state index >= 15 is 0 Å². The van der Waals surface area contributed by atoms with Crippen LogP contribution in [0.3, 0.4) is 0 Å². The van der Waals surface area contributed by atoms with Gasteiger partial charge in [-0.25, -0.2) is 15.0 Å². The zero-order valence-electron chi connectivity index (χ0n) is 14.5. The Labute approximate surface area is 151 Å². The first-order chi connectivity index (χ1) is 12.1. The van der Waals surface area contributed by atoms with Crippen molar-refractivity contribution < 1.29 is 4.74 Å². The number of nitrogens with one attached hydrogen (secondary N) is 1. The van der Waals surface area contributed by atoms with Crippen LogP contribution in [0.2, 0.25) is 0 Å². The van der Waals surface area contributed by atoms with E-state index in [-0.39, 0.29) is 0 Å². The maximum atomic E-state index is 8.08. The van der Waals surface area contributed by atoms with E-state index in [1.165, 1.54) is 10.6 Å². The molecular formula is C17H22N6OS. The van der Waals surface area contributed by atoms with E-state index < -0.39 is 0 Å².